The summed E-state index contributed by atoms with van der Waals surface area (Å²) in [6.07, 6.45) is 2.06. The van der Waals surface area contributed by atoms with Crippen molar-refractivity contribution in [2.24, 2.45) is 0 Å². The first-order valence-corrected chi connectivity index (χ1v) is 17.9. The second-order valence-corrected chi connectivity index (χ2v) is 13.9. The number of anilines is 3. The molecule has 1 aromatic heterocycles. The van der Waals surface area contributed by atoms with Crippen LogP contribution in [0.25, 0.3) is 41.7 Å². The van der Waals surface area contributed by atoms with Crippen LogP contribution >= 0.6 is 11.3 Å². The lowest BCUT2D eigenvalue weighted by atomic mass is 9.85. The van der Waals surface area contributed by atoms with Crippen LogP contribution < -0.4 is 4.90 Å². The van der Waals surface area contributed by atoms with Gasteiger partial charge in [-0.15, -0.1) is 11.3 Å². The molecule has 1 heterocycles. The van der Waals surface area contributed by atoms with Crippen LogP contribution in [0.4, 0.5) is 17.1 Å². The van der Waals surface area contributed by atoms with Crippen molar-refractivity contribution < 1.29 is 0 Å². The molecule has 49 heavy (non-hydrogen) atoms. The van der Waals surface area contributed by atoms with E-state index in [4.69, 9.17) is 0 Å². The van der Waals surface area contributed by atoms with Crippen LogP contribution in [0.1, 0.15) is 29.0 Å². The van der Waals surface area contributed by atoms with Gasteiger partial charge in [0.2, 0.25) is 0 Å². The predicted octanol–water partition coefficient (Wildman–Crippen LogP) is 13.6. The number of hydrogen-bond donors (Lipinski definition) is 0. The molecule has 0 aliphatic heterocycles. The van der Waals surface area contributed by atoms with Crippen molar-refractivity contribution in [3.8, 4) is 0 Å². The Morgan fingerprint density at radius 3 is 1.84 bits per heavy atom. The summed E-state index contributed by atoms with van der Waals surface area (Å²) in [5, 5.41) is 7.79. The fraction of sp³-hybridized carbons (Fsp3) is 0.0638. The smallest absolute Gasteiger partial charge is 0.0540 e. The lowest BCUT2D eigenvalue weighted by Gasteiger charge is -2.27. The first-order chi connectivity index (χ1) is 24.3. The van der Waals surface area contributed by atoms with Gasteiger partial charge in [-0.1, -0.05) is 133 Å². The molecule has 1 atom stereocenters. The van der Waals surface area contributed by atoms with E-state index in [-0.39, 0.29) is 0 Å². The highest BCUT2D eigenvalue weighted by Crippen LogP contribution is 2.43. The Bertz CT molecular complexity index is 2560. The van der Waals surface area contributed by atoms with Crippen LogP contribution in [-0.2, 0) is 6.42 Å². The molecule has 0 aliphatic carbocycles. The number of thiophene rings is 1. The zero-order valence-electron chi connectivity index (χ0n) is 27.2. The summed E-state index contributed by atoms with van der Waals surface area (Å²) in [4.78, 5) is 2.41. The van der Waals surface area contributed by atoms with Gasteiger partial charge in [0.25, 0.3) is 0 Å². The van der Waals surface area contributed by atoms with Gasteiger partial charge in [-0.2, -0.15) is 0 Å². The van der Waals surface area contributed by atoms with Gasteiger partial charge >= 0.3 is 0 Å². The van der Waals surface area contributed by atoms with Gasteiger partial charge in [0.15, 0.2) is 0 Å². The van der Waals surface area contributed by atoms with Crippen molar-refractivity contribution >= 4 is 70.1 Å². The maximum absolute atomic E-state index is 2.48. The standard InChI is InChI=1S/C47H35NS/c1-3-13-33(14-4-1)41(28-25-36-18-11-17-34-15-7-9-22-40(34)36)37-26-29-46-43(31-37)44-32-39(27-30-47(44)49-46)48(38-20-5-2-6-21-38)45-24-12-19-35-16-8-10-23-42(35)45/h1-24,26-27,29-32,41H,25,28H2. The summed E-state index contributed by atoms with van der Waals surface area (Å²) in [6.45, 7) is 0. The second kappa shape index (κ2) is 12.7. The number of fused-ring (bicyclic) bond motifs is 5. The Hall–Kier alpha value is -5.70. The van der Waals surface area contributed by atoms with Crippen molar-refractivity contribution in [3.63, 3.8) is 0 Å². The molecule has 1 nitrogen and oxygen atoms in total. The monoisotopic (exact) mass is 645 g/mol. The van der Waals surface area contributed by atoms with E-state index in [9.17, 15) is 0 Å². The van der Waals surface area contributed by atoms with E-state index in [1.165, 1.54) is 64.1 Å². The van der Waals surface area contributed by atoms with E-state index in [1.807, 2.05) is 11.3 Å². The molecule has 0 radical (unpaired) electrons. The molecule has 9 rings (SSSR count). The maximum Gasteiger partial charge on any atom is 0.0540 e. The van der Waals surface area contributed by atoms with Crippen LogP contribution in [-0.4, -0.2) is 0 Å². The molecule has 234 valence electrons. The summed E-state index contributed by atoms with van der Waals surface area (Å²) < 4.78 is 2.64. The average molecular weight is 646 g/mol. The fourth-order valence-electron chi connectivity index (χ4n) is 7.57. The molecular formula is C47H35NS. The third kappa shape index (κ3) is 5.55. The predicted molar refractivity (Wildman–Crippen MR) is 212 cm³/mol. The third-order valence-electron chi connectivity index (χ3n) is 9.94. The third-order valence-corrected chi connectivity index (χ3v) is 11.1. The molecule has 1 unspecified atom stereocenters. The van der Waals surface area contributed by atoms with Crippen LogP contribution in [0, 0.1) is 0 Å². The molecule has 0 amide bonds. The first-order valence-electron chi connectivity index (χ1n) is 17.1. The summed E-state index contributed by atoms with van der Waals surface area (Å²) in [7, 11) is 0. The zero-order valence-corrected chi connectivity index (χ0v) is 28.0. The van der Waals surface area contributed by atoms with E-state index in [1.54, 1.807) is 0 Å². The van der Waals surface area contributed by atoms with Crippen molar-refractivity contribution in [1.29, 1.82) is 0 Å². The van der Waals surface area contributed by atoms with Gasteiger partial charge in [-0.25, -0.2) is 0 Å². The number of hydrogen-bond acceptors (Lipinski definition) is 2. The minimum Gasteiger partial charge on any atom is -0.310 e. The van der Waals surface area contributed by atoms with E-state index in [0.717, 1.165) is 24.2 Å². The number of nitrogens with zero attached hydrogens (tertiary/aromatic N) is 1. The van der Waals surface area contributed by atoms with Crippen molar-refractivity contribution in [2.45, 2.75) is 18.8 Å². The molecule has 0 saturated carbocycles. The molecule has 0 bridgehead atoms. The number of benzene rings is 8. The van der Waals surface area contributed by atoms with Crippen LogP contribution in [0.2, 0.25) is 0 Å². The Morgan fingerprint density at radius 1 is 0.429 bits per heavy atom. The minimum absolute atomic E-state index is 0.291. The molecule has 0 saturated heterocycles. The van der Waals surface area contributed by atoms with E-state index >= 15 is 0 Å². The Morgan fingerprint density at radius 2 is 1.04 bits per heavy atom. The summed E-state index contributed by atoms with van der Waals surface area (Å²) in [6, 6.07) is 66.8. The SMILES string of the molecule is c1ccc(C(CCc2cccc3ccccc23)c2ccc3sc4ccc(N(c5ccccc5)c5cccc6ccccc56)cc4c3c2)cc1. The van der Waals surface area contributed by atoms with Gasteiger partial charge in [-0.05, 0) is 94.2 Å². The molecule has 9 aromatic rings. The normalized spacial score (nSPS) is 12.2. The summed E-state index contributed by atoms with van der Waals surface area (Å²) in [5.74, 6) is 0.291. The second-order valence-electron chi connectivity index (χ2n) is 12.8. The highest BCUT2D eigenvalue weighted by Gasteiger charge is 2.19. The van der Waals surface area contributed by atoms with E-state index in [2.05, 4.69) is 187 Å². The van der Waals surface area contributed by atoms with Crippen LogP contribution in [0.3, 0.4) is 0 Å². The number of para-hydroxylation sites is 1. The molecule has 2 heteroatoms. The Kier molecular flexibility index (Phi) is 7.65. The minimum atomic E-state index is 0.291. The lowest BCUT2D eigenvalue weighted by molar-refractivity contribution is 0.718. The van der Waals surface area contributed by atoms with Crippen LogP contribution in [0.5, 0.6) is 0 Å². The average Bonchev–Trinajstić information content (AvgIpc) is 3.53. The maximum atomic E-state index is 2.48. The number of rotatable bonds is 8. The van der Waals surface area contributed by atoms with Gasteiger partial charge in [0.05, 0.1) is 5.69 Å². The van der Waals surface area contributed by atoms with Gasteiger partial charge < -0.3 is 4.90 Å². The Labute approximate surface area is 291 Å². The molecule has 8 aromatic carbocycles. The zero-order chi connectivity index (χ0) is 32.6. The molecule has 0 aliphatic rings. The molecule has 0 N–H and O–H groups in total. The highest BCUT2D eigenvalue weighted by molar-refractivity contribution is 7.25. The van der Waals surface area contributed by atoms with Gasteiger partial charge in [0, 0.05) is 42.9 Å². The van der Waals surface area contributed by atoms with Gasteiger partial charge in [0.1, 0.15) is 0 Å². The highest BCUT2D eigenvalue weighted by atomic mass is 32.1. The Balaban J connectivity index is 1.16. The van der Waals surface area contributed by atoms with E-state index < -0.39 is 0 Å². The van der Waals surface area contributed by atoms with Crippen molar-refractivity contribution in [1.82, 2.24) is 0 Å². The van der Waals surface area contributed by atoms with Gasteiger partial charge in [-0.3, -0.25) is 0 Å². The molecule has 0 fully saturated rings. The van der Waals surface area contributed by atoms with Crippen LogP contribution in [0.15, 0.2) is 182 Å². The summed E-state index contributed by atoms with van der Waals surface area (Å²) >= 11 is 1.89. The van der Waals surface area contributed by atoms with E-state index in [0.29, 0.717) is 5.92 Å². The van der Waals surface area contributed by atoms with Crippen molar-refractivity contribution in [3.05, 3.63) is 199 Å². The molecular weight excluding hydrogens is 611 g/mol. The molecule has 0 spiro atoms. The quantitative estimate of drug-likeness (QED) is 0.159. The first kappa shape index (κ1) is 29.4. The topological polar surface area (TPSA) is 3.24 Å². The summed E-state index contributed by atoms with van der Waals surface area (Å²) in [5.41, 5.74) is 7.65. The fourth-order valence-corrected chi connectivity index (χ4v) is 8.63. The largest absolute Gasteiger partial charge is 0.310 e. The number of aryl methyl sites for hydroxylation is 1. The van der Waals surface area contributed by atoms with Crippen molar-refractivity contribution in [2.75, 3.05) is 4.90 Å². The lowest BCUT2D eigenvalue weighted by Crippen LogP contribution is -2.10.